The Kier molecular flexibility index (Phi) is 4.52. The highest BCUT2D eigenvalue weighted by atomic mass is 19.1. The molecule has 0 amide bonds. The van der Waals surface area contributed by atoms with Crippen LogP contribution in [-0.4, -0.2) is 24.9 Å². The van der Waals surface area contributed by atoms with E-state index in [0.29, 0.717) is 6.54 Å². The molecule has 1 aromatic rings. The van der Waals surface area contributed by atoms with Gasteiger partial charge in [0.1, 0.15) is 0 Å². The van der Waals surface area contributed by atoms with Gasteiger partial charge in [-0.25, -0.2) is 4.39 Å². The van der Waals surface area contributed by atoms with Crippen molar-refractivity contribution in [3.05, 3.63) is 29.6 Å². The van der Waals surface area contributed by atoms with Gasteiger partial charge in [-0.1, -0.05) is 6.07 Å². The Bertz CT molecular complexity index is 317. The molecule has 2 N–H and O–H groups in total. The summed E-state index contributed by atoms with van der Waals surface area (Å²) in [4.78, 5) is 0. The van der Waals surface area contributed by atoms with Crippen molar-refractivity contribution < 1.29 is 14.2 Å². The lowest BCUT2D eigenvalue weighted by molar-refractivity contribution is 0.251. The Morgan fingerprint density at radius 2 is 2.27 bits per heavy atom. The van der Waals surface area contributed by atoms with Crippen LogP contribution in [0.5, 0.6) is 5.75 Å². The third kappa shape index (κ3) is 3.49. The Morgan fingerprint density at radius 1 is 1.53 bits per heavy atom. The van der Waals surface area contributed by atoms with Crippen LogP contribution in [0.1, 0.15) is 12.5 Å². The number of aliphatic hydroxyl groups is 1. The van der Waals surface area contributed by atoms with E-state index < -0.39 is 0 Å². The molecule has 1 atom stereocenters. The second-order valence-electron chi connectivity index (χ2n) is 3.43. The molecule has 0 saturated heterocycles. The predicted octanol–water partition coefficient (Wildman–Crippen LogP) is 1.30. The van der Waals surface area contributed by atoms with E-state index in [-0.39, 0.29) is 24.2 Å². The monoisotopic (exact) mass is 213 g/mol. The zero-order valence-corrected chi connectivity index (χ0v) is 8.96. The standard InChI is InChI=1S/C11H16FNO2/c1-8(7-14)13-6-9-3-4-10(12)11(5-9)15-2/h3-5,8,13-14H,6-7H2,1-2H3. The highest BCUT2D eigenvalue weighted by Crippen LogP contribution is 2.17. The molecule has 1 rings (SSSR count). The fourth-order valence-corrected chi connectivity index (χ4v) is 1.17. The zero-order chi connectivity index (χ0) is 11.3. The van der Waals surface area contributed by atoms with Crippen molar-refractivity contribution in [3.8, 4) is 5.75 Å². The second-order valence-corrected chi connectivity index (χ2v) is 3.43. The Morgan fingerprint density at radius 3 is 2.87 bits per heavy atom. The molecule has 0 aromatic heterocycles. The highest BCUT2D eigenvalue weighted by Gasteiger charge is 2.04. The first-order valence-corrected chi connectivity index (χ1v) is 4.84. The van der Waals surface area contributed by atoms with E-state index in [2.05, 4.69) is 5.32 Å². The summed E-state index contributed by atoms with van der Waals surface area (Å²) in [6, 6.07) is 4.74. The first-order chi connectivity index (χ1) is 7.17. The van der Waals surface area contributed by atoms with E-state index in [9.17, 15) is 4.39 Å². The number of benzene rings is 1. The van der Waals surface area contributed by atoms with Crippen molar-refractivity contribution in [3.63, 3.8) is 0 Å². The van der Waals surface area contributed by atoms with Gasteiger partial charge < -0.3 is 15.2 Å². The molecule has 0 heterocycles. The number of rotatable bonds is 5. The maximum atomic E-state index is 13.0. The Labute approximate surface area is 88.9 Å². The maximum Gasteiger partial charge on any atom is 0.165 e. The number of methoxy groups -OCH3 is 1. The minimum atomic E-state index is -0.364. The number of aliphatic hydroxyl groups excluding tert-OH is 1. The van der Waals surface area contributed by atoms with Gasteiger partial charge in [-0.2, -0.15) is 0 Å². The molecule has 0 fully saturated rings. The highest BCUT2D eigenvalue weighted by molar-refractivity contribution is 5.30. The van der Waals surface area contributed by atoms with Gasteiger partial charge in [0.25, 0.3) is 0 Å². The zero-order valence-electron chi connectivity index (χ0n) is 8.96. The lowest BCUT2D eigenvalue weighted by Crippen LogP contribution is -2.28. The molecule has 0 bridgehead atoms. The van der Waals surface area contributed by atoms with Crippen LogP contribution in [0.3, 0.4) is 0 Å². The molecule has 3 nitrogen and oxygen atoms in total. The van der Waals surface area contributed by atoms with E-state index in [1.165, 1.54) is 13.2 Å². The Balaban J connectivity index is 2.62. The van der Waals surface area contributed by atoms with Crippen molar-refractivity contribution in [1.29, 1.82) is 0 Å². The first-order valence-electron chi connectivity index (χ1n) is 4.84. The molecule has 4 heteroatoms. The van der Waals surface area contributed by atoms with Crippen molar-refractivity contribution in [2.75, 3.05) is 13.7 Å². The van der Waals surface area contributed by atoms with Crippen molar-refractivity contribution in [2.24, 2.45) is 0 Å². The molecule has 0 radical (unpaired) electrons. The van der Waals surface area contributed by atoms with Crippen molar-refractivity contribution in [1.82, 2.24) is 5.32 Å². The summed E-state index contributed by atoms with van der Waals surface area (Å²) in [5, 5.41) is 11.9. The van der Waals surface area contributed by atoms with E-state index in [1.807, 2.05) is 6.92 Å². The molecule has 15 heavy (non-hydrogen) atoms. The number of hydrogen-bond acceptors (Lipinski definition) is 3. The number of ether oxygens (including phenoxy) is 1. The van der Waals surface area contributed by atoms with Gasteiger partial charge in [-0.05, 0) is 24.6 Å². The number of halogens is 1. The average Bonchev–Trinajstić information content (AvgIpc) is 2.27. The quantitative estimate of drug-likeness (QED) is 0.774. The van der Waals surface area contributed by atoms with Crippen LogP contribution in [-0.2, 0) is 6.54 Å². The van der Waals surface area contributed by atoms with Crippen LogP contribution in [0.4, 0.5) is 4.39 Å². The lowest BCUT2D eigenvalue weighted by atomic mass is 10.2. The molecule has 0 aliphatic rings. The fourth-order valence-electron chi connectivity index (χ4n) is 1.17. The van der Waals surface area contributed by atoms with Crippen LogP contribution in [0.2, 0.25) is 0 Å². The summed E-state index contributed by atoms with van der Waals surface area (Å²) in [5.41, 5.74) is 0.925. The van der Waals surface area contributed by atoms with Gasteiger partial charge in [-0.15, -0.1) is 0 Å². The molecule has 1 aromatic carbocycles. The van der Waals surface area contributed by atoms with Gasteiger partial charge in [0.2, 0.25) is 0 Å². The minimum Gasteiger partial charge on any atom is -0.494 e. The summed E-state index contributed by atoms with van der Waals surface area (Å²) in [6.07, 6.45) is 0. The second kappa shape index (κ2) is 5.68. The third-order valence-electron chi connectivity index (χ3n) is 2.14. The number of hydrogen-bond donors (Lipinski definition) is 2. The molecule has 0 saturated carbocycles. The van der Waals surface area contributed by atoms with E-state index >= 15 is 0 Å². The van der Waals surface area contributed by atoms with Gasteiger partial charge >= 0.3 is 0 Å². The summed E-state index contributed by atoms with van der Waals surface area (Å²) in [5.74, 6) is -0.123. The predicted molar refractivity (Wildman–Crippen MR) is 56.3 cm³/mol. The van der Waals surface area contributed by atoms with E-state index in [1.54, 1.807) is 12.1 Å². The molecule has 0 aliphatic heterocycles. The van der Waals surface area contributed by atoms with Crippen LogP contribution in [0.25, 0.3) is 0 Å². The molecular formula is C11H16FNO2. The molecular weight excluding hydrogens is 197 g/mol. The average molecular weight is 213 g/mol. The molecule has 0 spiro atoms. The lowest BCUT2D eigenvalue weighted by Gasteiger charge is -2.11. The van der Waals surface area contributed by atoms with Gasteiger partial charge in [0.15, 0.2) is 11.6 Å². The molecule has 1 unspecified atom stereocenters. The van der Waals surface area contributed by atoms with E-state index in [4.69, 9.17) is 9.84 Å². The van der Waals surface area contributed by atoms with E-state index in [0.717, 1.165) is 5.56 Å². The van der Waals surface area contributed by atoms with Crippen molar-refractivity contribution in [2.45, 2.75) is 19.5 Å². The van der Waals surface area contributed by atoms with Crippen LogP contribution in [0, 0.1) is 5.82 Å². The molecule has 84 valence electrons. The van der Waals surface area contributed by atoms with Crippen molar-refractivity contribution >= 4 is 0 Å². The summed E-state index contributed by atoms with van der Waals surface area (Å²) >= 11 is 0. The van der Waals surface area contributed by atoms with Crippen LogP contribution in [0.15, 0.2) is 18.2 Å². The maximum absolute atomic E-state index is 13.0. The SMILES string of the molecule is COc1cc(CNC(C)CO)ccc1F. The third-order valence-corrected chi connectivity index (χ3v) is 2.14. The smallest absolute Gasteiger partial charge is 0.165 e. The fraction of sp³-hybridized carbons (Fsp3) is 0.455. The minimum absolute atomic E-state index is 0.0287. The van der Waals surface area contributed by atoms with Crippen LogP contribution >= 0.6 is 0 Å². The summed E-state index contributed by atoms with van der Waals surface area (Å²) in [7, 11) is 1.44. The molecule has 0 aliphatic carbocycles. The summed E-state index contributed by atoms with van der Waals surface area (Å²) < 4.78 is 17.9. The summed E-state index contributed by atoms with van der Waals surface area (Å²) in [6.45, 7) is 2.54. The first kappa shape index (κ1) is 11.9. The number of nitrogens with one attached hydrogen (secondary N) is 1. The normalized spacial score (nSPS) is 12.5. The van der Waals surface area contributed by atoms with Gasteiger partial charge in [0, 0.05) is 12.6 Å². The van der Waals surface area contributed by atoms with Gasteiger partial charge in [-0.3, -0.25) is 0 Å². The van der Waals surface area contributed by atoms with Crippen LogP contribution < -0.4 is 10.1 Å². The Hall–Kier alpha value is -1.13. The largest absolute Gasteiger partial charge is 0.494 e. The van der Waals surface area contributed by atoms with Gasteiger partial charge in [0.05, 0.1) is 13.7 Å². The topological polar surface area (TPSA) is 41.5 Å².